The van der Waals surface area contributed by atoms with Gasteiger partial charge in [-0.25, -0.2) is 13.7 Å². The molecule has 2 aromatic carbocycles. The smallest absolute Gasteiger partial charge is 0.328 e. The van der Waals surface area contributed by atoms with Gasteiger partial charge in [0.15, 0.2) is 5.69 Å². The number of hydrogen-bond acceptors (Lipinski definition) is 4. The van der Waals surface area contributed by atoms with Crippen molar-refractivity contribution >= 4 is 28.4 Å². The van der Waals surface area contributed by atoms with E-state index in [0.717, 1.165) is 64.7 Å². The summed E-state index contributed by atoms with van der Waals surface area (Å²) in [6.45, 7) is 0. The number of aromatic nitrogens is 4. The number of amides is 1. The third-order valence-corrected chi connectivity index (χ3v) is 8.07. The van der Waals surface area contributed by atoms with Gasteiger partial charge in [0.25, 0.3) is 5.91 Å². The third kappa shape index (κ3) is 4.65. The normalized spacial score (nSPS) is 15.0. The monoisotopic (exact) mass is 541 g/mol. The van der Waals surface area contributed by atoms with Gasteiger partial charge in [-0.2, -0.15) is 5.10 Å². The van der Waals surface area contributed by atoms with Gasteiger partial charge in [-0.15, -0.1) is 0 Å². The molecule has 8 nitrogen and oxygen atoms in total. The number of carbonyl (C=O) groups excluding carboxylic acids is 2. The number of hydrogen-bond donors (Lipinski definition) is 2. The number of halogens is 1. The lowest BCUT2D eigenvalue weighted by Crippen LogP contribution is -2.43. The Kier molecular flexibility index (Phi) is 6.88. The number of nitrogens with one attached hydrogen (secondary N) is 2. The molecule has 5 aromatic rings. The number of aryl methyl sites for hydroxylation is 1. The van der Waals surface area contributed by atoms with Gasteiger partial charge in [0.1, 0.15) is 17.5 Å². The number of methoxy groups -OCH3 is 1. The van der Waals surface area contributed by atoms with E-state index in [9.17, 15) is 14.0 Å². The minimum Gasteiger partial charge on any atom is -0.467 e. The quantitative estimate of drug-likeness (QED) is 0.265. The van der Waals surface area contributed by atoms with Crippen LogP contribution in [-0.2, 0) is 23.0 Å². The van der Waals surface area contributed by atoms with E-state index in [2.05, 4.69) is 10.3 Å². The van der Waals surface area contributed by atoms with Crippen molar-refractivity contribution in [2.75, 3.05) is 7.11 Å². The average Bonchev–Trinajstić information content (AvgIpc) is 3.67. The second-order valence-corrected chi connectivity index (χ2v) is 10.5. The van der Waals surface area contributed by atoms with Crippen LogP contribution in [-0.4, -0.2) is 44.2 Å². The number of para-hydroxylation sites is 1. The average molecular weight is 542 g/mol. The molecule has 3 heterocycles. The summed E-state index contributed by atoms with van der Waals surface area (Å²) in [5.74, 6) is -0.979. The summed E-state index contributed by atoms with van der Waals surface area (Å²) < 4.78 is 22.6. The maximum Gasteiger partial charge on any atom is 0.328 e. The number of nitrogens with zero attached hydrogens (tertiary/aromatic N) is 3. The van der Waals surface area contributed by atoms with Crippen LogP contribution in [0.1, 0.15) is 59.8 Å². The molecule has 0 saturated heterocycles. The lowest BCUT2D eigenvalue weighted by atomic mass is 9.85. The zero-order chi connectivity index (χ0) is 27.8. The summed E-state index contributed by atoms with van der Waals surface area (Å²) in [6, 6.07) is 15.2. The number of imidazole rings is 1. The number of esters is 1. The van der Waals surface area contributed by atoms with Gasteiger partial charge in [0.05, 0.1) is 18.5 Å². The van der Waals surface area contributed by atoms with Crippen LogP contribution in [0, 0.1) is 5.82 Å². The van der Waals surface area contributed by atoms with E-state index in [1.54, 1.807) is 18.2 Å². The van der Waals surface area contributed by atoms with E-state index in [1.165, 1.54) is 25.7 Å². The number of aromatic amines is 1. The van der Waals surface area contributed by atoms with Crippen molar-refractivity contribution in [2.45, 2.75) is 50.5 Å². The molecule has 1 aliphatic rings. The number of H-pyrrole nitrogens is 1. The first-order valence-electron chi connectivity index (χ1n) is 13.7. The second kappa shape index (κ2) is 10.6. The lowest BCUT2D eigenvalue weighted by molar-refractivity contribution is -0.142. The summed E-state index contributed by atoms with van der Waals surface area (Å²) in [6.07, 6.45) is 7.66. The standard InChI is InChI=1S/C31H32FN5O3/c1-36-27-17-25(30(38)34-26(31(39)40-2)16-21-18-33-24-11-7-6-10-23(21)24)35-37(27)29(19-8-4-3-5-9-19)28(36)20-12-14-22(32)15-13-20/h6-7,10-15,17-19,26,33H,3-5,8-9,16H2,1-2H3,(H,34,38)/t26-/m0/s1. The number of benzene rings is 2. The highest BCUT2D eigenvalue weighted by Gasteiger charge is 2.30. The molecule has 2 N–H and O–H groups in total. The van der Waals surface area contributed by atoms with Gasteiger partial charge in [0, 0.05) is 48.1 Å². The number of ether oxygens (including phenoxy) is 1. The Bertz CT molecular complexity index is 1690. The molecular weight excluding hydrogens is 509 g/mol. The molecule has 0 spiro atoms. The maximum atomic E-state index is 13.7. The Hall–Kier alpha value is -4.40. The Morgan fingerprint density at radius 2 is 1.88 bits per heavy atom. The summed E-state index contributed by atoms with van der Waals surface area (Å²) in [5.41, 5.74) is 5.77. The number of fused-ring (bicyclic) bond motifs is 2. The Morgan fingerprint density at radius 1 is 1.12 bits per heavy atom. The highest BCUT2D eigenvalue weighted by molar-refractivity contribution is 5.96. The third-order valence-electron chi connectivity index (χ3n) is 8.07. The minimum atomic E-state index is -0.880. The van der Waals surface area contributed by atoms with Gasteiger partial charge in [0.2, 0.25) is 0 Å². The molecule has 1 aliphatic carbocycles. The second-order valence-electron chi connectivity index (χ2n) is 10.5. The molecule has 9 heteroatoms. The fourth-order valence-corrected chi connectivity index (χ4v) is 6.06. The predicted molar refractivity (Wildman–Crippen MR) is 151 cm³/mol. The molecule has 1 amide bonds. The lowest BCUT2D eigenvalue weighted by Gasteiger charge is -2.22. The van der Waals surface area contributed by atoms with Crippen molar-refractivity contribution in [3.63, 3.8) is 0 Å². The van der Waals surface area contributed by atoms with E-state index in [-0.39, 0.29) is 23.8 Å². The first-order chi connectivity index (χ1) is 19.4. The van der Waals surface area contributed by atoms with E-state index in [1.807, 2.05) is 46.6 Å². The molecule has 40 heavy (non-hydrogen) atoms. The van der Waals surface area contributed by atoms with Crippen LogP contribution in [0.15, 0.2) is 60.8 Å². The SMILES string of the molecule is COC(=O)[C@H](Cc1c[nH]c2ccccc12)NC(=O)c1cc2n(C)c(-c3ccc(F)cc3)c(C3CCCCC3)n2n1. The topological polar surface area (TPSA) is 93.4 Å². The number of rotatable bonds is 7. The molecular formula is C31H32FN5O3. The molecule has 6 rings (SSSR count). The Morgan fingerprint density at radius 3 is 2.62 bits per heavy atom. The summed E-state index contributed by atoms with van der Waals surface area (Å²) in [5, 5.41) is 8.59. The molecule has 0 radical (unpaired) electrons. The van der Waals surface area contributed by atoms with E-state index in [0.29, 0.717) is 0 Å². The van der Waals surface area contributed by atoms with Gasteiger partial charge in [-0.1, -0.05) is 37.5 Å². The molecule has 1 atom stereocenters. The van der Waals surface area contributed by atoms with Crippen LogP contribution in [0.3, 0.4) is 0 Å². The van der Waals surface area contributed by atoms with Gasteiger partial charge < -0.3 is 19.6 Å². The summed E-state index contributed by atoms with van der Waals surface area (Å²) in [4.78, 5) is 29.4. The Labute approximate surface area is 231 Å². The Balaban J connectivity index is 1.34. The van der Waals surface area contributed by atoms with Crippen LogP contribution < -0.4 is 5.32 Å². The largest absolute Gasteiger partial charge is 0.467 e. The van der Waals surface area contributed by atoms with E-state index >= 15 is 0 Å². The molecule has 0 bridgehead atoms. The molecule has 0 unspecified atom stereocenters. The van der Waals surface area contributed by atoms with Crippen LogP contribution in [0.4, 0.5) is 4.39 Å². The van der Waals surface area contributed by atoms with Gasteiger partial charge in [-0.05, 0) is 48.7 Å². The zero-order valence-electron chi connectivity index (χ0n) is 22.6. The minimum absolute atomic E-state index is 0.223. The molecule has 1 fully saturated rings. The number of carbonyl (C=O) groups is 2. The van der Waals surface area contributed by atoms with Crippen molar-refractivity contribution in [3.05, 3.63) is 83.6 Å². The van der Waals surface area contributed by atoms with Gasteiger partial charge >= 0.3 is 5.97 Å². The van der Waals surface area contributed by atoms with Crippen LogP contribution in [0.5, 0.6) is 0 Å². The van der Waals surface area contributed by atoms with E-state index in [4.69, 9.17) is 9.84 Å². The zero-order valence-corrected chi connectivity index (χ0v) is 22.6. The molecule has 1 saturated carbocycles. The molecule has 206 valence electrons. The maximum absolute atomic E-state index is 13.7. The van der Waals surface area contributed by atoms with Crippen LogP contribution >= 0.6 is 0 Å². The summed E-state index contributed by atoms with van der Waals surface area (Å²) >= 11 is 0. The van der Waals surface area contributed by atoms with Crippen molar-refractivity contribution < 1.29 is 18.7 Å². The molecule has 0 aliphatic heterocycles. The van der Waals surface area contributed by atoms with Crippen molar-refractivity contribution in [2.24, 2.45) is 7.05 Å². The fraction of sp³-hybridized carbons (Fsp3) is 0.323. The van der Waals surface area contributed by atoms with Crippen LogP contribution in [0.25, 0.3) is 27.8 Å². The van der Waals surface area contributed by atoms with Crippen molar-refractivity contribution in [3.8, 4) is 11.3 Å². The highest BCUT2D eigenvalue weighted by Crippen LogP contribution is 2.39. The van der Waals surface area contributed by atoms with Crippen molar-refractivity contribution in [1.82, 2.24) is 24.5 Å². The first-order valence-corrected chi connectivity index (χ1v) is 13.7. The van der Waals surface area contributed by atoms with E-state index < -0.39 is 17.9 Å². The van der Waals surface area contributed by atoms with Gasteiger partial charge in [-0.3, -0.25) is 4.79 Å². The van der Waals surface area contributed by atoms with Crippen LogP contribution in [0.2, 0.25) is 0 Å². The summed E-state index contributed by atoms with van der Waals surface area (Å²) in [7, 11) is 3.26. The first kappa shape index (κ1) is 25.9. The fourth-order valence-electron chi connectivity index (χ4n) is 6.06. The molecule has 3 aromatic heterocycles. The highest BCUT2D eigenvalue weighted by atomic mass is 19.1. The van der Waals surface area contributed by atoms with Crippen molar-refractivity contribution in [1.29, 1.82) is 0 Å². The predicted octanol–water partition coefficient (Wildman–Crippen LogP) is 5.52.